The number of aromatic nitrogens is 3. The first-order valence-electron chi connectivity index (χ1n) is 5.36. The van der Waals surface area contributed by atoms with Crippen LogP contribution in [0.4, 0.5) is 0 Å². The van der Waals surface area contributed by atoms with E-state index in [0.717, 1.165) is 18.9 Å². The summed E-state index contributed by atoms with van der Waals surface area (Å²) in [6.07, 6.45) is 4.25. The summed E-state index contributed by atoms with van der Waals surface area (Å²) in [6, 6.07) is 0. The smallest absolute Gasteiger partial charge is 0.177 e. The van der Waals surface area contributed by atoms with E-state index in [1.165, 1.54) is 12.8 Å². The Kier molecular flexibility index (Phi) is 2.03. The molecule has 15 heavy (non-hydrogen) atoms. The quantitative estimate of drug-likeness (QED) is 0.720. The van der Waals surface area contributed by atoms with E-state index < -0.39 is 0 Å². The molecule has 0 atom stereocenters. The zero-order valence-corrected chi connectivity index (χ0v) is 8.85. The number of ether oxygens (including phenoxy) is 2. The molecule has 82 valence electrons. The highest BCUT2D eigenvalue weighted by Gasteiger charge is 2.46. The van der Waals surface area contributed by atoms with E-state index in [4.69, 9.17) is 9.47 Å². The van der Waals surface area contributed by atoms with Gasteiger partial charge in [0.1, 0.15) is 0 Å². The van der Waals surface area contributed by atoms with Crippen LogP contribution in [0, 0.1) is 12.3 Å². The van der Waals surface area contributed by atoms with E-state index in [0.29, 0.717) is 12.0 Å². The average Bonchev–Trinajstić information content (AvgIpc) is 2.87. The zero-order chi connectivity index (χ0) is 10.3. The number of nitrogens with zero attached hydrogens (tertiary/aromatic N) is 3. The zero-order valence-electron chi connectivity index (χ0n) is 8.85. The molecule has 0 bridgehead atoms. The van der Waals surface area contributed by atoms with Gasteiger partial charge in [-0.1, -0.05) is 5.21 Å². The fraction of sp³-hybridized carbons (Fsp3) is 0.800. The Balaban J connectivity index is 1.56. The van der Waals surface area contributed by atoms with E-state index in [-0.39, 0.29) is 6.29 Å². The molecule has 1 aliphatic heterocycles. The van der Waals surface area contributed by atoms with Gasteiger partial charge in [-0.3, -0.25) is 0 Å². The summed E-state index contributed by atoms with van der Waals surface area (Å²) in [4.78, 5) is 0. The van der Waals surface area contributed by atoms with Gasteiger partial charge < -0.3 is 9.47 Å². The van der Waals surface area contributed by atoms with Crippen molar-refractivity contribution in [2.24, 2.45) is 5.41 Å². The minimum Gasteiger partial charge on any atom is -0.350 e. The number of hydrogen-bond donors (Lipinski definition) is 0. The number of rotatable bonds is 2. The molecule has 5 nitrogen and oxygen atoms in total. The molecule has 0 N–H and O–H groups in total. The summed E-state index contributed by atoms with van der Waals surface area (Å²) >= 11 is 0. The van der Waals surface area contributed by atoms with Gasteiger partial charge in [0.15, 0.2) is 6.29 Å². The summed E-state index contributed by atoms with van der Waals surface area (Å²) in [7, 11) is 0. The standard InChI is InChI=1S/C10H15N3O2/c1-8-4-13(12-11-8)5-9-14-6-10(2-3-10)7-15-9/h4,9H,2-3,5-7H2,1H3. The molecule has 2 fully saturated rings. The first kappa shape index (κ1) is 9.30. The van der Waals surface area contributed by atoms with Gasteiger partial charge in [-0.05, 0) is 19.8 Å². The fourth-order valence-electron chi connectivity index (χ4n) is 1.84. The maximum Gasteiger partial charge on any atom is 0.177 e. The highest BCUT2D eigenvalue weighted by Crippen LogP contribution is 2.48. The van der Waals surface area contributed by atoms with Crippen molar-refractivity contribution in [1.82, 2.24) is 15.0 Å². The van der Waals surface area contributed by atoms with Crippen molar-refractivity contribution in [3.05, 3.63) is 11.9 Å². The second kappa shape index (κ2) is 3.28. The van der Waals surface area contributed by atoms with Crippen molar-refractivity contribution in [2.45, 2.75) is 32.6 Å². The Morgan fingerprint density at radius 2 is 2.20 bits per heavy atom. The Labute approximate surface area is 88.4 Å². The number of hydrogen-bond acceptors (Lipinski definition) is 4. The van der Waals surface area contributed by atoms with Gasteiger partial charge in [-0.15, -0.1) is 5.10 Å². The molecule has 1 saturated heterocycles. The minimum absolute atomic E-state index is 0.155. The molecular weight excluding hydrogens is 194 g/mol. The first-order chi connectivity index (χ1) is 7.26. The third-order valence-corrected chi connectivity index (χ3v) is 3.10. The summed E-state index contributed by atoms with van der Waals surface area (Å²) in [5, 5.41) is 7.89. The largest absolute Gasteiger partial charge is 0.350 e. The van der Waals surface area contributed by atoms with Crippen molar-refractivity contribution in [2.75, 3.05) is 13.2 Å². The maximum atomic E-state index is 5.66. The Morgan fingerprint density at radius 1 is 1.47 bits per heavy atom. The molecule has 0 radical (unpaired) electrons. The normalized spacial score (nSPS) is 24.6. The van der Waals surface area contributed by atoms with Crippen LogP contribution >= 0.6 is 0 Å². The van der Waals surface area contributed by atoms with Crippen LogP contribution in [0.2, 0.25) is 0 Å². The summed E-state index contributed by atoms with van der Waals surface area (Å²) in [6.45, 7) is 4.24. The van der Waals surface area contributed by atoms with Crippen molar-refractivity contribution in [3.8, 4) is 0 Å². The molecule has 0 unspecified atom stereocenters. The Morgan fingerprint density at radius 3 is 2.73 bits per heavy atom. The second-order valence-electron chi connectivity index (χ2n) is 4.63. The molecule has 1 aromatic rings. The van der Waals surface area contributed by atoms with Gasteiger partial charge >= 0.3 is 0 Å². The van der Waals surface area contributed by atoms with Crippen LogP contribution in [0.5, 0.6) is 0 Å². The van der Waals surface area contributed by atoms with E-state index in [1.807, 2.05) is 13.1 Å². The lowest BCUT2D eigenvalue weighted by molar-refractivity contribution is -0.213. The van der Waals surface area contributed by atoms with Crippen LogP contribution in [0.15, 0.2) is 6.20 Å². The SMILES string of the molecule is Cc1cn(CC2OCC3(CC3)CO2)nn1. The molecule has 0 aromatic carbocycles. The Bertz CT molecular complexity index is 349. The van der Waals surface area contributed by atoms with Gasteiger partial charge in [0, 0.05) is 11.6 Å². The predicted molar refractivity (Wildman–Crippen MR) is 52.1 cm³/mol. The second-order valence-corrected chi connectivity index (χ2v) is 4.63. The molecular formula is C10H15N3O2. The Hall–Kier alpha value is -0.940. The van der Waals surface area contributed by atoms with Crippen LogP contribution < -0.4 is 0 Å². The van der Waals surface area contributed by atoms with Gasteiger partial charge in [0.2, 0.25) is 0 Å². The van der Waals surface area contributed by atoms with Crippen LogP contribution in [0.3, 0.4) is 0 Å². The van der Waals surface area contributed by atoms with Crippen LogP contribution in [0.1, 0.15) is 18.5 Å². The summed E-state index contributed by atoms with van der Waals surface area (Å²) < 4.78 is 13.1. The van der Waals surface area contributed by atoms with E-state index in [9.17, 15) is 0 Å². The third kappa shape index (κ3) is 1.89. The van der Waals surface area contributed by atoms with Crippen molar-refractivity contribution < 1.29 is 9.47 Å². The predicted octanol–water partition coefficient (Wildman–Crippen LogP) is 0.740. The minimum atomic E-state index is -0.155. The van der Waals surface area contributed by atoms with Crippen molar-refractivity contribution >= 4 is 0 Å². The maximum absolute atomic E-state index is 5.66. The lowest BCUT2D eigenvalue weighted by atomic mass is 10.1. The summed E-state index contributed by atoms with van der Waals surface area (Å²) in [5.41, 5.74) is 1.29. The lowest BCUT2D eigenvalue weighted by Gasteiger charge is -2.29. The van der Waals surface area contributed by atoms with E-state index in [1.54, 1.807) is 4.68 Å². The van der Waals surface area contributed by atoms with Crippen LogP contribution in [-0.2, 0) is 16.0 Å². The highest BCUT2D eigenvalue weighted by molar-refractivity contribution is 4.94. The molecule has 1 saturated carbocycles. The third-order valence-electron chi connectivity index (χ3n) is 3.10. The van der Waals surface area contributed by atoms with Gasteiger partial charge in [-0.2, -0.15) is 0 Å². The topological polar surface area (TPSA) is 49.2 Å². The summed E-state index contributed by atoms with van der Waals surface area (Å²) in [5.74, 6) is 0. The van der Waals surface area contributed by atoms with Gasteiger partial charge in [0.05, 0.1) is 25.5 Å². The fourth-order valence-corrected chi connectivity index (χ4v) is 1.84. The lowest BCUT2D eigenvalue weighted by Crippen LogP contribution is -2.36. The first-order valence-corrected chi connectivity index (χ1v) is 5.36. The molecule has 1 aliphatic carbocycles. The molecule has 2 aliphatic rings. The van der Waals surface area contributed by atoms with Crippen molar-refractivity contribution in [3.63, 3.8) is 0 Å². The molecule has 1 aromatic heterocycles. The molecule has 1 spiro atoms. The number of aryl methyl sites for hydroxylation is 1. The van der Waals surface area contributed by atoms with Gasteiger partial charge in [-0.25, -0.2) is 4.68 Å². The molecule has 3 rings (SSSR count). The average molecular weight is 209 g/mol. The molecule has 5 heteroatoms. The van der Waals surface area contributed by atoms with Crippen LogP contribution in [-0.4, -0.2) is 34.5 Å². The highest BCUT2D eigenvalue weighted by atomic mass is 16.7. The van der Waals surface area contributed by atoms with Crippen LogP contribution in [0.25, 0.3) is 0 Å². The molecule has 2 heterocycles. The molecule has 0 amide bonds. The van der Waals surface area contributed by atoms with E-state index >= 15 is 0 Å². The van der Waals surface area contributed by atoms with E-state index in [2.05, 4.69) is 10.3 Å². The van der Waals surface area contributed by atoms with Crippen molar-refractivity contribution in [1.29, 1.82) is 0 Å². The monoisotopic (exact) mass is 209 g/mol. The van der Waals surface area contributed by atoms with Gasteiger partial charge in [0.25, 0.3) is 0 Å².